The topological polar surface area (TPSA) is 226 Å². The number of carboxylic acids is 1. The highest BCUT2D eigenvalue weighted by atomic mass is 16.4. The molecule has 0 bridgehead atoms. The van der Waals surface area contributed by atoms with Crippen LogP contribution in [0.15, 0.2) is 10.1 Å². The first-order valence-corrected chi connectivity index (χ1v) is 9.42. The number of hydrogen-bond acceptors (Lipinski definition) is 6. The van der Waals surface area contributed by atoms with Crippen molar-refractivity contribution in [2.24, 2.45) is 38.8 Å². The lowest BCUT2D eigenvalue weighted by Crippen LogP contribution is -2.42. The van der Waals surface area contributed by atoms with Gasteiger partial charge in [0, 0.05) is 19.6 Å². The van der Waals surface area contributed by atoms with E-state index in [-0.39, 0.29) is 17.9 Å². The summed E-state index contributed by atoms with van der Waals surface area (Å²) in [5, 5.41) is 22.7. The van der Waals surface area contributed by atoms with E-state index in [0.29, 0.717) is 45.4 Å². The van der Waals surface area contributed by atoms with E-state index in [9.17, 15) is 9.90 Å². The summed E-state index contributed by atoms with van der Waals surface area (Å²) in [6, 6.07) is -0.841. The van der Waals surface area contributed by atoms with Gasteiger partial charge in [-0.25, -0.2) is 4.79 Å². The van der Waals surface area contributed by atoms with Gasteiger partial charge in [0.1, 0.15) is 6.04 Å². The minimum absolute atomic E-state index is 0.0214. The third kappa shape index (κ3) is 12.9. The molecule has 0 heterocycles. The molecule has 1 atom stereocenters. The number of nitrogens with one attached hydrogen (secondary N) is 1. The Hall–Kier alpha value is -2.96. The van der Waals surface area contributed by atoms with E-state index in [1.807, 2.05) is 19.0 Å². The summed E-state index contributed by atoms with van der Waals surface area (Å²) in [7, 11) is 3.88. The van der Waals surface area contributed by atoms with Crippen LogP contribution in [0.5, 0.6) is 0 Å². The average Bonchev–Trinajstić information content (AvgIpc) is 2.57. The van der Waals surface area contributed by atoms with Crippen LogP contribution in [0.4, 0.5) is 0 Å². The van der Waals surface area contributed by atoms with E-state index in [2.05, 4.69) is 10.1 Å². The lowest BCUT2D eigenvalue weighted by atomic mass is 10.1. The summed E-state index contributed by atoms with van der Waals surface area (Å²) in [6.45, 7) is 2.42. The van der Waals surface area contributed by atoms with E-state index < -0.39 is 12.0 Å². The summed E-state index contributed by atoms with van der Waals surface area (Å²) < 4.78 is 0. The first-order valence-electron chi connectivity index (χ1n) is 9.42. The molecule has 168 valence electrons. The Bertz CT molecular complexity index is 557. The number of carbonyl (C=O) groups is 1. The van der Waals surface area contributed by atoms with E-state index in [4.69, 9.17) is 34.1 Å². The molecule has 0 spiro atoms. The molecular formula is C16H37N11O2. The number of carboxylic acid groups (broad SMARTS) is 1. The predicted molar refractivity (Wildman–Crippen MR) is 115 cm³/mol. The van der Waals surface area contributed by atoms with Crippen molar-refractivity contribution in [3.05, 3.63) is 0 Å². The van der Waals surface area contributed by atoms with Crippen LogP contribution in [0, 0.1) is 5.41 Å². The Kier molecular flexibility index (Phi) is 12.7. The van der Waals surface area contributed by atoms with Gasteiger partial charge in [0.05, 0.1) is 6.54 Å². The molecule has 0 fully saturated rings. The Morgan fingerprint density at radius 3 is 2.10 bits per heavy atom. The molecular weight excluding hydrogens is 378 g/mol. The molecule has 0 unspecified atom stereocenters. The molecule has 0 saturated carbocycles. The maximum atomic E-state index is 11.8. The molecule has 0 aromatic heterocycles. The molecule has 0 amide bonds. The normalized spacial score (nSPS) is 11.6. The van der Waals surface area contributed by atoms with Crippen LogP contribution in [0.3, 0.4) is 0 Å². The van der Waals surface area contributed by atoms with Crippen LogP contribution < -0.4 is 28.7 Å². The van der Waals surface area contributed by atoms with Crippen molar-refractivity contribution in [2.45, 2.75) is 31.7 Å². The zero-order valence-corrected chi connectivity index (χ0v) is 17.4. The highest BCUT2D eigenvalue weighted by molar-refractivity contribution is 5.77. The monoisotopic (exact) mass is 415 g/mol. The van der Waals surface area contributed by atoms with E-state index in [1.165, 1.54) is 5.01 Å². The lowest BCUT2D eigenvalue weighted by Gasteiger charge is -2.27. The first kappa shape index (κ1) is 26.0. The lowest BCUT2D eigenvalue weighted by molar-refractivity contribution is -0.143. The van der Waals surface area contributed by atoms with Crippen molar-refractivity contribution in [1.29, 1.82) is 5.41 Å². The third-order valence-corrected chi connectivity index (χ3v) is 4.04. The Morgan fingerprint density at radius 2 is 1.62 bits per heavy atom. The fourth-order valence-corrected chi connectivity index (χ4v) is 2.67. The predicted octanol–water partition coefficient (Wildman–Crippen LogP) is -2.48. The van der Waals surface area contributed by atoms with E-state index in [0.717, 1.165) is 13.0 Å². The Balaban J connectivity index is 4.74. The molecule has 13 heteroatoms. The summed E-state index contributed by atoms with van der Waals surface area (Å²) in [5.41, 5.74) is 27.1. The number of aliphatic imine (C=N–C) groups is 1. The standard InChI is InChI=1S/C16H37N11O2/c1-25(2)8-5-10-27(24-15(19)20)12(13(28)29)6-3-4-9-26(16(21)22)11-7-23-14(17)18/h12H,3-11H2,1-2H3,(H3,21,22)(H,28,29)(H4,17,18,23)(H4,19,20,24)/t12-/m1/s1. The Labute approximate surface area is 172 Å². The molecule has 0 aliphatic rings. The minimum Gasteiger partial charge on any atom is -0.480 e. The number of guanidine groups is 3. The van der Waals surface area contributed by atoms with Gasteiger partial charge in [-0.1, -0.05) is 0 Å². The van der Waals surface area contributed by atoms with Crippen LogP contribution in [0.25, 0.3) is 0 Å². The molecule has 0 saturated heterocycles. The maximum absolute atomic E-state index is 11.8. The summed E-state index contributed by atoms with van der Waals surface area (Å²) in [4.78, 5) is 19.3. The quantitative estimate of drug-likeness (QED) is 0.0644. The van der Waals surface area contributed by atoms with Gasteiger partial charge in [-0.15, -0.1) is 5.10 Å². The second kappa shape index (κ2) is 14.1. The third-order valence-electron chi connectivity index (χ3n) is 4.04. The fraction of sp³-hybridized carbons (Fsp3) is 0.750. The van der Waals surface area contributed by atoms with Crippen LogP contribution in [-0.4, -0.2) is 96.6 Å². The highest BCUT2D eigenvalue weighted by Gasteiger charge is 2.24. The molecule has 0 aromatic carbocycles. The largest absolute Gasteiger partial charge is 0.480 e. The maximum Gasteiger partial charge on any atom is 0.328 e. The van der Waals surface area contributed by atoms with E-state index in [1.54, 1.807) is 4.90 Å². The van der Waals surface area contributed by atoms with Crippen molar-refractivity contribution in [2.75, 3.05) is 46.8 Å². The number of nitrogens with two attached hydrogens (primary N) is 5. The van der Waals surface area contributed by atoms with Gasteiger partial charge in [0.15, 0.2) is 11.9 Å². The number of hydrazone groups is 1. The van der Waals surface area contributed by atoms with E-state index >= 15 is 0 Å². The summed E-state index contributed by atoms with van der Waals surface area (Å²) >= 11 is 0. The number of aliphatic carboxylic acids is 1. The zero-order valence-electron chi connectivity index (χ0n) is 17.4. The minimum atomic E-state index is -0.990. The van der Waals surface area contributed by atoms with Crippen molar-refractivity contribution in [3.63, 3.8) is 0 Å². The van der Waals surface area contributed by atoms with Crippen LogP contribution in [0.1, 0.15) is 25.7 Å². The van der Waals surface area contributed by atoms with Gasteiger partial charge in [0.2, 0.25) is 5.96 Å². The summed E-state index contributed by atoms with van der Waals surface area (Å²) in [6.07, 6.45) is 2.30. The van der Waals surface area contributed by atoms with Crippen molar-refractivity contribution in [3.8, 4) is 0 Å². The SMILES string of the molecule is CN(C)CCCN(N=C(N)N)[C@H](CCCCN(CCN=C(N)N)C(=N)N)C(=O)O. The number of unbranched alkanes of at least 4 members (excludes halogenated alkanes) is 1. The van der Waals surface area contributed by atoms with Crippen LogP contribution >= 0.6 is 0 Å². The van der Waals surface area contributed by atoms with Crippen LogP contribution in [-0.2, 0) is 4.79 Å². The zero-order chi connectivity index (χ0) is 22.4. The second-order valence-corrected chi connectivity index (χ2v) is 6.87. The fourth-order valence-electron chi connectivity index (χ4n) is 2.67. The van der Waals surface area contributed by atoms with Gasteiger partial charge in [-0.2, -0.15) is 0 Å². The molecule has 0 aromatic rings. The molecule has 0 rings (SSSR count). The molecule has 12 N–H and O–H groups in total. The molecule has 0 aliphatic carbocycles. The number of rotatable bonds is 15. The first-order chi connectivity index (χ1) is 13.5. The highest BCUT2D eigenvalue weighted by Crippen LogP contribution is 2.12. The molecule has 29 heavy (non-hydrogen) atoms. The van der Waals surface area contributed by atoms with Crippen molar-refractivity contribution in [1.82, 2.24) is 14.8 Å². The summed E-state index contributed by atoms with van der Waals surface area (Å²) in [5.74, 6) is -1.28. The van der Waals surface area contributed by atoms with Crippen molar-refractivity contribution >= 4 is 23.8 Å². The number of nitrogens with zero attached hydrogens (tertiary/aromatic N) is 5. The molecule has 0 radical (unpaired) electrons. The smallest absolute Gasteiger partial charge is 0.328 e. The average molecular weight is 416 g/mol. The van der Waals surface area contributed by atoms with Gasteiger partial charge in [-0.05, 0) is 46.3 Å². The van der Waals surface area contributed by atoms with Gasteiger partial charge < -0.3 is 43.6 Å². The van der Waals surface area contributed by atoms with Gasteiger partial charge >= 0.3 is 5.97 Å². The van der Waals surface area contributed by atoms with Gasteiger partial charge in [-0.3, -0.25) is 15.4 Å². The second-order valence-electron chi connectivity index (χ2n) is 6.87. The number of hydrogen-bond donors (Lipinski definition) is 7. The van der Waals surface area contributed by atoms with Gasteiger partial charge in [0.25, 0.3) is 0 Å². The molecule has 0 aliphatic heterocycles. The Morgan fingerprint density at radius 1 is 0.966 bits per heavy atom. The van der Waals surface area contributed by atoms with Crippen molar-refractivity contribution < 1.29 is 9.90 Å². The van der Waals surface area contributed by atoms with Crippen LogP contribution in [0.2, 0.25) is 0 Å². The molecule has 13 nitrogen and oxygen atoms in total.